The number of carbonyl (C=O) groups is 1. The van der Waals surface area contributed by atoms with E-state index in [0.29, 0.717) is 17.6 Å². The van der Waals surface area contributed by atoms with Gasteiger partial charge in [-0.25, -0.2) is 0 Å². The predicted octanol–water partition coefficient (Wildman–Crippen LogP) is 3.19. The van der Waals surface area contributed by atoms with E-state index >= 15 is 0 Å². The lowest BCUT2D eigenvalue weighted by Crippen LogP contribution is -2.48. The first kappa shape index (κ1) is 19.7. The standard InChI is InChI=1S/C19H21BrN2O4S/c1-14-3-8-19(18(20)13-14)27(24,25)26-17-6-4-16(5-7-17)22-11-9-21(10-12-22)15(2)23/h3-8,13H,9-12H2,1-2H3. The largest absolute Gasteiger partial charge is 0.379 e. The van der Waals surface area contributed by atoms with Crippen molar-refractivity contribution in [2.75, 3.05) is 31.1 Å². The van der Waals surface area contributed by atoms with Crippen LogP contribution < -0.4 is 9.08 Å². The van der Waals surface area contributed by atoms with E-state index in [1.165, 1.54) is 6.07 Å². The minimum Gasteiger partial charge on any atom is -0.379 e. The molecule has 0 unspecified atom stereocenters. The van der Waals surface area contributed by atoms with Gasteiger partial charge in [0.15, 0.2) is 0 Å². The smallest absolute Gasteiger partial charge is 0.340 e. The van der Waals surface area contributed by atoms with E-state index < -0.39 is 10.1 Å². The second-order valence-electron chi connectivity index (χ2n) is 6.46. The van der Waals surface area contributed by atoms with Crippen molar-refractivity contribution in [3.8, 4) is 5.75 Å². The minimum absolute atomic E-state index is 0.0888. The van der Waals surface area contributed by atoms with E-state index in [1.807, 2.05) is 24.0 Å². The molecular weight excluding hydrogens is 432 g/mol. The molecule has 0 radical (unpaired) electrons. The first-order valence-electron chi connectivity index (χ1n) is 8.57. The number of hydrogen-bond acceptors (Lipinski definition) is 5. The average Bonchev–Trinajstić information content (AvgIpc) is 2.62. The van der Waals surface area contributed by atoms with Crippen molar-refractivity contribution in [3.63, 3.8) is 0 Å². The maximum absolute atomic E-state index is 12.5. The summed E-state index contributed by atoms with van der Waals surface area (Å²) in [5, 5.41) is 0. The highest BCUT2D eigenvalue weighted by Crippen LogP contribution is 2.27. The monoisotopic (exact) mass is 452 g/mol. The summed E-state index contributed by atoms with van der Waals surface area (Å²) in [6, 6.07) is 11.9. The molecule has 0 atom stereocenters. The number of hydrogen-bond donors (Lipinski definition) is 0. The lowest BCUT2D eigenvalue weighted by atomic mass is 10.2. The van der Waals surface area contributed by atoms with Crippen molar-refractivity contribution in [1.82, 2.24) is 4.90 Å². The molecule has 1 heterocycles. The summed E-state index contributed by atoms with van der Waals surface area (Å²) in [6.45, 7) is 6.32. The van der Waals surface area contributed by atoms with Gasteiger partial charge in [0.2, 0.25) is 5.91 Å². The lowest BCUT2D eigenvalue weighted by molar-refractivity contribution is -0.129. The van der Waals surface area contributed by atoms with Crippen molar-refractivity contribution in [3.05, 3.63) is 52.5 Å². The molecular formula is C19H21BrN2O4S. The van der Waals surface area contributed by atoms with Crippen LogP contribution in [0.3, 0.4) is 0 Å². The molecule has 0 bridgehead atoms. The summed E-state index contributed by atoms with van der Waals surface area (Å²) in [5.41, 5.74) is 1.93. The third kappa shape index (κ3) is 4.62. The van der Waals surface area contributed by atoms with Gasteiger partial charge in [-0.15, -0.1) is 0 Å². The van der Waals surface area contributed by atoms with Crippen LogP contribution in [0.25, 0.3) is 0 Å². The van der Waals surface area contributed by atoms with Crippen LogP contribution in [0.5, 0.6) is 5.75 Å². The topological polar surface area (TPSA) is 66.9 Å². The minimum atomic E-state index is -3.92. The second kappa shape index (κ2) is 7.90. The molecule has 1 aliphatic rings. The van der Waals surface area contributed by atoms with Crippen LogP contribution in [0.1, 0.15) is 12.5 Å². The number of carbonyl (C=O) groups excluding carboxylic acids is 1. The lowest BCUT2D eigenvalue weighted by Gasteiger charge is -2.35. The van der Waals surface area contributed by atoms with Crippen LogP contribution in [-0.2, 0) is 14.9 Å². The maximum atomic E-state index is 12.5. The van der Waals surface area contributed by atoms with Gasteiger partial charge in [-0.05, 0) is 64.8 Å². The zero-order valence-corrected chi connectivity index (χ0v) is 17.6. The number of amides is 1. The summed E-state index contributed by atoms with van der Waals surface area (Å²) < 4.78 is 30.8. The fourth-order valence-electron chi connectivity index (χ4n) is 2.97. The summed E-state index contributed by atoms with van der Waals surface area (Å²) in [4.78, 5) is 15.5. The molecule has 3 rings (SSSR count). The molecule has 2 aromatic rings. The first-order chi connectivity index (χ1) is 12.8. The Bertz CT molecular complexity index is 937. The molecule has 27 heavy (non-hydrogen) atoms. The number of aryl methyl sites for hydroxylation is 1. The quantitative estimate of drug-likeness (QED) is 0.666. The average molecular weight is 453 g/mol. The summed E-state index contributed by atoms with van der Waals surface area (Å²) >= 11 is 3.28. The molecule has 1 fully saturated rings. The van der Waals surface area contributed by atoms with E-state index in [-0.39, 0.29) is 16.6 Å². The number of anilines is 1. The Morgan fingerprint density at radius 2 is 1.67 bits per heavy atom. The summed E-state index contributed by atoms with van der Waals surface area (Å²) in [6.07, 6.45) is 0. The van der Waals surface area contributed by atoms with Crippen molar-refractivity contribution in [2.45, 2.75) is 18.7 Å². The Labute approximate surface area is 168 Å². The van der Waals surface area contributed by atoms with Gasteiger partial charge in [0, 0.05) is 43.3 Å². The van der Waals surface area contributed by atoms with Crippen molar-refractivity contribution < 1.29 is 17.4 Å². The molecule has 0 aromatic heterocycles. The van der Waals surface area contributed by atoms with Crippen LogP contribution in [0.2, 0.25) is 0 Å². The number of nitrogens with zero attached hydrogens (tertiary/aromatic N) is 2. The van der Waals surface area contributed by atoms with Crippen LogP contribution in [0, 0.1) is 6.92 Å². The molecule has 1 amide bonds. The van der Waals surface area contributed by atoms with E-state index in [9.17, 15) is 13.2 Å². The number of benzene rings is 2. The van der Waals surface area contributed by atoms with Gasteiger partial charge < -0.3 is 14.0 Å². The first-order valence-corrected chi connectivity index (χ1v) is 10.8. The summed E-state index contributed by atoms with van der Waals surface area (Å²) in [5.74, 6) is 0.347. The molecule has 2 aromatic carbocycles. The van der Waals surface area contributed by atoms with E-state index in [0.717, 1.165) is 24.3 Å². The van der Waals surface area contributed by atoms with Crippen molar-refractivity contribution in [1.29, 1.82) is 0 Å². The maximum Gasteiger partial charge on any atom is 0.340 e. The third-order valence-corrected chi connectivity index (χ3v) is 6.71. The van der Waals surface area contributed by atoms with E-state index in [1.54, 1.807) is 31.2 Å². The van der Waals surface area contributed by atoms with Crippen LogP contribution >= 0.6 is 15.9 Å². The summed E-state index contributed by atoms with van der Waals surface area (Å²) in [7, 11) is -3.92. The zero-order valence-electron chi connectivity index (χ0n) is 15.2. The van der Waals surface area contributed by atoms with Gasteiger partial charge in [-0.2, -0.15) is 8.42 Å². The third-order valence-electron chi connectivity index (χ3n) is 4.49. The Morgan fingerprint density at radius 3 is 2.22 bits per heavy atom. The fraction of sp³-hybridized carbons (Fsp3) is 0.316. The van der Waals surface area contributed by atoms with Gasteiger partial charge in [0.1, 0.15) is 10.6 Å². The van der Waals surface area contributed by atoms with Crippen LogP contribution in [0.15, 0.2) is 51.8 Å². The van der Waals surface area contributed by atoms with Crippen LogP contribution in [0.4, 0.5) is 5.69 Å². The van der Waals surface area contributed by atoms with Crippen molar-refractivity contribution >= 4 is 37.6 Å². The molecule has 0 spiro atoms. The van der Waals surface area contributed by atoms with Gasteiger partial charge in [0.25, 0.3) is 0 Å². The van der Waals surface area contributed by atoms with E-state index in [2.05, 4.69) is 20.8 Å². The molecule has 1 saturated heterocycles. The second-order valence-corrected chi connectivity index (χ2v) is 8.83. The molecule has 0 saturated carbocycles. The van der Waals surface area contributed by atoms with Crippen molar-refractivity contribution in [2.24, 2.45) is 0 Å². The highest BCUT2D eigenvalue weighted by atomic mass is 79.9. The SMILES string of the molecule is CC(=O)N1CCN(c2ccc(OS(=O)(=O)c3ccc(C)cc3Br)cc2)CC1. The molecule has 6 nitrogen and oxygen atoms in total. The fourth-order valence-corrected chi connectivity index (χ4v) is 5.05. The Hall–Kier alpha value is -2.06. The molecule has 8 heteroatoms. The molecule has 1 aliphatic heterocycles. The molecule has 0 N–H and O–H groups in total. The number of rotatable bonds is 4. The molecule has 0 aliphatic carbocycles. The normalized spacial score (nSPS) is 14.9. The van der Waals surface area contributed by atoms with E-state index in [4.69, 9.17) is 4.18 Å². The highest BCUT2D eigenvalue weighted by Gasteiger charge is 2.21. The van der Waals surface area contributed by atoms with Gasteiger partial charge in [-0.1, -0.05) is 6.07 Å². The van der Waals surface area contributed by atoms with Crippen LogP contribution in [-0.4, -0.2) is 45.4 Å². The van der Waals surface area contributed by atoms with Gasteiger partial charge >= 0.3 is 10.1 Å². The number of piperazine rings is 1. The molecule has 144 valence electrons. The van der Waals surface area contributed by atoms with Gasteiger partial charge in [-0.3, -0.25) is 4.79 Å². The number of halogens is 1. The zero-order chi connectivity index (χ0) is 19.6. The Balaban J connectivity index is 1.70. The highest BCUT2D eigenvalue weighted by molar-refractivity contribution is 9.10. The Kier molecular flexibility index (Phi) is 5.76. The predicted molar refractivity (Wildman–Crippen MR) is 108 cm³/mol. The Morgan fingerprint density at radius 1 is 1.04 bits per heavy atom. The van der Waals surface area contributed by atoms with Gasteiger partial charge in [0.05, 0.1) is 0 Å².